The molecule has 1 N–H and O–H groups in total. The van der Waals surface area contributed by atoms with E-state index in [9.17, 15) is 9.59 Å². The third-order valence-corrected chi connectivity index (χ3v) is 4.00. The minimum absolute atomic E-state index is 0.00870. The van der Waals surface area contributed by atoms with E-state index in [1.165, 1.54) is 0 Å². The zero-order valence-corrected chi connectivity index (χ0v) is 13.8. The van der Waals surface area contributed by atoms with Crippen molar-refractivity contribution in [2.45, 2.75) is 19.5 Å². The third-order valence-electron chi connectivity index (χ3n) is 4.00. The summed E-state index contributed by atoms with van der Waals surface area (Å²) in [5.74, 6) is -0.112. The van der Waals surface area contributed by atoms with Crippen molar-refractivity contribution in [3.8, 4) is 0 Å². The van der Waals surface area contributed by atoms with Gasteiger partial charge in [-0.25, -0.2) is 0 Å². The van der Waals surface area contributed by atoms with E-state index in [-0.39, 0.29) is 23.9 Å². The van der Waals surface area contributed by atoms with E-state index in [0.29, 0.717) is 17.4 Å². The first-order chi connectivity index (χ1) is 11.6. The molecule has 1 amide bonds. The van der Waals surface area contributed by atoms with E-state index >= 15 is 0 Å². The minimum atomic E-state index is -0.112. The summed E-state index contributed by atoms with van der Waals surface area (Å²) in [5.41, 5.74) is 1.51. The minimum Gasteiger partial charge on any atom is -0.383 e. The van der Waals surface area contributed by atoms with Gasteiger partial charge in [0.2, 0.25) is 5.91 Å². The van der Waals surface area contributed by atoms with Crippen LogP contribution in [-0.2, 0) is 16.1 Å². The summed E-state index contributed by atoms with van der Waals surface area (Å²) in [7, 11) is 1.60. The van der Waals surface area contributed by atoms with Crippen molar-refractivity contribution in [2.24, 2.45) is 0 Å². The maximum absolute atomic E-state index is 12.7. The molecule has 124 valence electrons. The Morgan fingerprint density at radius 2 is 1.62 bits per heavy atom. The van der Waals surface area contributed by atoms with Crippen LogP contribution in [0.2, 0.25) is 0 Å². The summed E-state index contributed by atoms with van der Waals surface area (Å²) in [6.07, 6.45) is 0. The molecule has 3 aromatic rings. The second-order valence-electron chi connectivity index (χ2n) is 5.87. The molecule has 0 saturated carbocycles. The Hall–Kier alpha value is -2.66. The van der Waals surface area contributed by atoms with Gasteiger partial charge >= 0.3 is 0 Å². The molecule has 0 radical (unpaired) electrons. The summed E-state index contributed by atoms with van der Waals surface area (Å²) in [5, 5.41) is 4.15. The molecular weight excluding hydrogens is 304 g/mol. The van der Waals surface area contributed by atoms with Crippen LogP contribution in [0.15, 0.2) is 53.3 Å². The van der Waals surface area contributed by atoms with Crippen LogP contribution < -0.4 is 10.7 Å². The number of carbonyl (C=O) groups is 1. The number of fused-ring (bicyclic) bond motifs is 2. The van der Waals surface area contributed by atoms with Crippen LogP contribution in [0.5, 0.6) is 0 Å². The zero-order chi connectivity index (χ0) is 17.1. The lowest BCUT2D eigenvalue weighted by molar-refractivity contribution is -0.122. The molecule has 5 nitrogen and oxygen atoms in total. The number of carbonyl (C=O) groups excluding carboxylic acids is 1. The van der Waals surface area contributed by atoms with Crippen molar-refractivity contribution in [2.75, 3.05) is 13.7 Å². The van der Waals surface area contributed by atoms with Gasteiger partial charge in [-0.05, 0) is 31.2 Å². The van der Waals surface area contributed by atoms with Crippen LogP contribution in [0.4, 0.5) is 0 Å². The monoisotopic (exact) mass is 324 g/mol. The number of benzene rings is 2. The highest BCUT2D eigenvalue weighted by atomic mass is 16.5. The van der Waals surface area contributed by atoms with Gasteiger partial charge in [0.1, 0.15) is 6.54 Å². The number of aromatic nitrogens is 1. The smallest absolute Gasteiger partial charge is 0.240 e. The maximum atomic E-state index is 12.7. The van der Waals surface area contributed by atoms with Crippen LogP contribution >= 0.6 is 0 Å². The quantitative estimate of drug-likeness (QED) is 0.733. The summed E-state index contributed by atoms with van der Waals surface area (Å²) < 4.78 is 6.94. The molecule has 3 rings (SSSR count). The highest BCUT2D eigenvalue weighted by Crippen LogP contribution is 2.18. The van der Waals surface area contributed by atoms with Crippen LogP contribution in [0, 0.1) is 0 Å². The van der Waals surface area contributed by atoms with Crippen molar-refractivity contribution >= 4 is 27.7 Å². The molecule has 0 aliphatic heterocycles. The number of rotatable bonds is 5. The van der Waals surface area contributed by atoms with Crippen LogP contribution in [0.1, 0.15) is 6.92 Å². The lowest BCUT2D eigenvalue weighted by Gasteiger charge is -2.17. The van der Waals surface area contributed by atoms with Gasteiger partial charge in [-0.15, -0.1) is 0 Å². The van der Waals surface area contributed by atoms with Crippen molar-refractivity contribution in [3.63, 3.8) is 0 Å². The summed E-state index contributed by atoms with van der Waals surface area (Å²) >= 11 is 0. The molecule has 0 spiro atoms. The SMILES string of the molecule is COCC(C)NC(=O)Cn1c2ccccc2c(=O)c2ccccc21. The van der Waals surface area contributed by atoms with E-state index in [2.05, 4.69) is 5.32 Å². The average Bonchev–Trinajstić information content (AvgIpc) is 2.59. The van der Waals surface area contributed by atoms with Gasteiger partial charge in [0, 0.05) is 23.9 Å². The number of hydrogen-bond donors (Lipinski definition) is 1. The number of nitrogens with zero attached hydrogens (tertiary/aromatic N) is 1. The number of para-hydroxylation sites is 2. The lowest BCUT2D eigenvalue weighted by atomic mass is 10.1. The van der Waals surface area contributed by atoms with E-state index < -0.39 is 0 Å². The summed E-state index contributed by atoms with van der Waals surface area (Å²) in [6.45, 7) is 2.50. The summed E-state index contributed by atoms with van der Waals surface area (Å²) in [6, 6.07) is 14.7. The Bertz CT molecular complexity index is 886. The van der Waals surface area contributed by atoms with E-state index in [1.807, 2.05) is 47.9 Å². The Kier molecular flexibility index (Phi) is 4.62. The molecule has 0 saturated heterocycles. The molecule has 1 unspecified atom stereocenters. The average molecular weight is 324 g/mol. The molecular formula is C19H20N2O3. The number of nitrogens with one attached hydrogen (secondary N) is 1. The number of hydrogen-bond acceptors (Lipinski definition) is 3. The van der Waals surface area contributed by atoms with E-state index in [0.717, 1.165) is 11.0 Å². The first kappa shape index (κ1) is 16.2. The van der Waals surface area contributed by atoms with Crippen molar-refractivity contribution in [3.05, 3.63) is 58.8 Å². The highest BCUT2D eigenvalue weighted by molar-refractivity contribution is 5.94. The first-order valence-corrected chi connectivity index (χ1v) is 7.90. The van der Waals surface area contributed by atoms with Crippen LogP contribution in [-0.4, -0.2) is 30.2 Å². The van der Waals surface area contributed by atoms with Crippen LogP contribution in [0.3, 0.4) is 0 Å². The molecule has 1 heterocycles. The van der Waals surface area contributed by atoms with Crippen molar-refractivity contribution < 1.29 is 9.53 Å². The maximum Gasteiger partial charge on any atom is 0.240 e. The Balaban J connectivity index is 2.10. The molecule has 0 fully saturated rings. The first-order valence-electron chi connectivity index (χ1n) is 7.90. The largest absolute Gasteiger partial charge is 0.383 e. The second kappa shape index (κ2) is 6.84. The number of ether oxygens (including phenoxy) is 1. The number of amides is 1. The van der Waals surface area contributed by atoms with E-state index in [4.69, 9.17) is 4.74 Å². The fourth-order valence-corrected chi connectivity index (χ4v) is 3.00. The number of pyridine rings is 1. The second-order valence-corrected chi connectivity index (χ2v) is 5.87. The molecule has 1 atom stereocenters. The van der Waals surface area contributed by atoms with Gasteiger partial charge in [0.25, 0.3) is 0 Å². The highest BCUT2D eigenvalue weighted by Gasteiger charge is 2.13. The van der Waals surface area contributed by atoms with Gasteiger partial charge in [0.15, 0.2) is 5.43 Å². The predicted octanol–water partition coefficient (Wildman–Crippen LogP) is 2.31. The van der Waals surface area contributed by atoms with Crippen molar-refractivity contribution in [1.29, 1.82) is 0 Å². The molecule has 0 aliphatic carbocycles. The fourth-order valence-electron chi connectivity index (χ4n) is 3.00. The van der Waals surface area contributed by atoms with Gasteiger partial charge in [-0.2, -0.15) is 0 Å². The molecule has 24 heavy (non-hydrogen) atoms. The van der Waals surface area contributed by atoms with Gasteiger partial charge < -0.3 is 14.6 Å². The Labute approximate surface area is 139 Å². The fraction of sp³-hybridized carbons (Fsp3) is 0.263. The van der Waals surface area contributed by atoms with Crippen molar-refractivity contribution in [1.82, 2.24) is 9.88 Å². The molecule has 2 aromatic carbocycles. The summed E-state index contributed by atoms with van der Waals surface area (Å²) in [4.78, 5) is 25.1. The molecule has 0 bridgehead atoms. The standard InChI is InChI=1S/C19H20N2O3/c1-13(12-24-2)20-18(22)11-21-16-9-5-3-7-14(16)19(23)15-8-4-6-10-17(15)21/h3-10,13H,11-12H2,1-2H3,(H,20,22). The van der Waals surface area contributed by atoms with Crippen LogP contribution in [0.25, 0.3) is 21.8 Å². The third kappa shape index (κ3) is 3.03. The van der Waals surface area contributed by atoms with Gasteiger partial charge in [-0.1, -0.05) is 24.3 Å². The molecule has 5 heteroatoms. The van der Waals surface area contributed by atoms with Gasteiger partial charge in [-0.3, -0.25) is 9.59 Å². The Morgan fingerprint density at radius 3 is 2.17 bits per heavy atom. The molecule has 0 aliphatic rings. The topological polar surface area (TPSA) is 60.3 Å². The van der Waals surface area contributed by atoms with E-state index in [1.54, 1.807) is 19.2 Å². The zero-order valence-electron chi connectivity index (χ0n) is 13.8. The Morgan fingerprint density at radius 1 is 1.08 bits per heavy atom. The number of methoxy groups -OCH3 is 1. The lowest BCUT2D eigenvalue weighted by Crippen LogP contribution is -2.38. The normalized spacial score (nSPS) is 12.4. The van der Waals surface area contributed by atoms with Gasteiger partial charge in [0.05, 0.1) is 17.6 Å². The molecule has 1 aromatic heterocycles. The predicted molar refractivity (Wildman–Crippen MR) is 95.2 cm³/mol.